The van der Waals surface area contributed by atoms with E-state index in [0.29, 0.717) is 15.7 Å². The highest BCUT2D eigenvalue weighted by atomic mass is 79.9. The molecule has 0 unspecified atom stereocenters. The minimum atomic E-state index is 0.507. The summed E-state index contributed by atoms with van der Waals surface area (Å²) in [4.78, 5) is 0. The molecule has 17 heavy (non-hydrogen) atoms. The number of benzene rings is 2. The SMILES string of the molecule is Nc1cc(Br)ccc1Nc1ccc(Cl)c(Cl)c1. The molecule has 0 aliphatic rings. The summed E-state index contributed by atoms with van der Waals surface area (Å²) in [6.45, 7) is 0. The lowest BCUT2D eigenvalue weighted by molar-refractivity contribution is 1.53. The van der Waals surface area contributed by atoms with Crippen molar-refractivity contribution in [3.8, 4) is 0 Å². The van der Waals surface area contributed by atoms with Crippen LogP contribution in [0.4, 0.5) is 17.1 Å². The average molecular weight is 332 g/mol. The van der Waals surface area contributed by atoms with Gasteiger partial charge in [-0.25, -0.2) is 0 Å². The molecule has 0 aromatic heterocycles. The van der Waals surface area contributed by atoms with Gasteiger partial charge in [0.15, 0.2) is 0 Å². The number of hydrogen-bond acceptors (Lipinski definition) is 2. The van der Waals surface area contributed by atoms with Gasteiger partial charge in [0.25, 0.3) is 0 Å². The van der Waals surface area contributed by atoms with E-state index in [-0.39, 0.29) is 0 Å². The number of rotatable bonds is 2. The van der Waals surface area contributed by atoms with E-state index in [1.54, 1.807) is 12.1 Å². The number of anilines is 3. The van der Waals surface area contributed by atoms with Gasteiger partial charge in [0.05, 0.1) is 21.4 Å². The molecular weight excluding hydrogens is 323 g/mol. The molecule has 0 radical (unpaired) electrons. The molecule has 0 aliphatic heterocycles. The van der Waals surface area contributed by atoms with E-state index in [0.717, 1.165) is 15.8 Å². The zero-order valence-electron chi connectivity index (χ0n) is 8.68. The van der Waals surface area contributed by atoms with Crippen molar-refractivity contribution in [2.24, 2.45) is 0 Å². The van der Waals surface area contributed by atoms with Crippen molar-refractivity contribution in [3.63, 3.8) is 0 Å². The van der Waals surface area contributed by atoms with Gasteiger partial charge in [-0.3, -0.25) is 0 Å². The van der Waals surface area contributed by atoms with Crippen LogP contribution in [0.15, 0.2) is 40.9 Å². The molecule has 2 nitrogen and oxygen atoms in total. The van der Waals surface area contributed by atoms with Gasteiger partial charge in [0.1, 0.15) is 0 Å². The Labute approximate surface area is 118 Å². The minimum Gasteiger partial charge on any atom is -0.397 e. The van der Waals surface area contributed by atoms with Crippen molar-refractivity contribution in [1.29, 1.82) is 0 Å². The van der Waals surface area contributed by atoms with Crippen molar-refractivity contribution >= 4 is 56.2 Å². The van der Waals surface area contributed by atoms with Crippen LogP contribution in [-0.4, -0.2) is 0 Å². The molecule has 3 N–H and O–H groups in total. The number of halogens is 3. The van der Waals surface area contributed by atoms with Crippen molar-refractivity contribution in [1.82, 2.24) is 0 Å². The Morgan fingerprint density at radius 1 is 1.00 bits per heavy atom. The molecule has 0 saturated carbocycles. The van der Waals surface area contributed by atoms with Gasteiger partial charge in [0, 0.05) is 10.2 Å². The Kier molecular flexibility index (Phi) is 3.82. The summed E-state index contributed by atoms with van der Waals surface area (Å²) in [5.41, 5.74) is 8.21. The molecule has 0 bridgehead atoms. The van der Waals surface area contributed by atoms with E-state index in [1.807, 2.05) is 24.3 Å². The van der Waals surface area contributed by atoms with Crippen LogP contribution in [0, 0.1) is 0 Å². The lowest BCUT2D eigenvalue weighted by atomic mass is 10.2. The number of nitrogens with one attached hydrogen (secondary N) is 1. The average Bonchev–Trinajstić information content (AvgIpc) is 2.27. The van der Waals surface area contributed by atoms with Crippen molar-refractivity contribution in [2.45, 2.75) is 0 Å². The molecule has 0 aliphatic carbocycles. The topological polar surface area (TPSA) is 38.0 Å². The van der Waals surface area contributed by atoms with Crippen molar-refractivity contribution < 1.29 is 0 Å². The quantitative estimate of drug-likeness (QED) is 0.753. The Balaban J connectivity index is 2.28. The highest BCUT2D eigenvalue weighted by Crippen LogP contribution is 2.30. The molecule has 0 fully saturated rings. The van der Waals surface area contributed by atoms with Gasteiger partial charge in [-0.15, -0.1) is 0 Å². The van der Waals surface area contributed by atoms with Gasteiger partial charge in [-0.1, -0.05) is 39.1 Å². The molecule has 2 aromatic rings. The van der Waals surface area contributed by atoms with Crippen LogP contribution < -0.4 is 11.1 Å². The van der Waals surface area contributed by atoms with Crippen molar-refractivity contribution in [3.05, 3.63) is 50.9 Å². The van der Waals surface area contributed by atoms with Crippen molar-refractivity contribution in [2.75, 3.05) is 11.1 Å². The van der Waals surface area contributed by atoms with E-state index >= 15 is 0 Å². The van der Waals surface area contributed by atoms with Crippen LogP contribution in [0.2, 0.25) is 10.0 Å². The molecule has 0 atom stereocenters. The Morgan fingerprint density at radius 2 is 1.76 bits per heavy atom. The first-order valence-electron chi connectivity index (χ1n) is 4.83. The summed E-state index contributed by atoms with van der Waals surface area (Å²) in [7, 11) is 0. The fourth-order valence-corrected chi connectivity index (χ4v) is 2.05. The fraction of sp³-hybridized carbons (Fsp3) is 0. The highest BCUT2D eigenvalue weighted by Gasteiger charge is 2.03. The first-order valence-corrected chi connectivity index (χ1v) is 6.38. The summed E-state index contributed by atoms with van der Waals surface area (Å²) in [5, 5.41) is 4.21. The number of nitrogens with two attached hydrogens (primary N) is 1. The molecule has 88 valence electrons. The van der Waals surface area contributed by atoms with Crippen LogP contribution in [0.3, 0.4) is 0 Å². The van der Waals surface area contributed by atoms with Crippen LogP contribution >= 0.6 is 39.1 Å². The largest absolute Gasteiger partial charge is 0.397 e. The Hall–Kier alpha value is -0.900. The lowest BCUT2D eigenvalue weighted by Gasteiger charge is -2.10. The second kappa shape index (κ2) is 5.17. The standard InChI is InChI=1S/C12H9BrCl2N2/c13-7-1-4-12(11(16)5-7)17-8-2-3-9(14)10(15)6-8/h1-6,17H,16H2. The summed E-state index contributed by atoms with van der Waals surface area (Å²) in [6.07, 6.45) is 0. The Morgan fingerprint density at radius 3 is 2.41 bits per heavy atom. The first-order chi connectivity index (χ1) is 8.06. The van der Waals surface area contributed by atoms with Crippen LogP contribution in [0.1, 0.15) is 0 Å². The van der Waals surface area contributed by atoms with Crippen LogP contribution in [-0.2, 0) is 0 Å². The summed E-state index contributed by atoms with van der Waals surface area (Å²) < 4.78 is 0.940. The molecule has 0 saturated heterocycles. The van der Waals surface area contributed by atoms with Crippen LogP contribution in [0.5, 0.6) is 0 Å². The molecule has 0 amide bonds. The maximum Gasteiger partial charge on any atom is 0.0618 e. The maximum atomic E-state index is 5.93. The normalized spacial score (nSPS) is 10.3. The summed E-state index contributed by atoms with van der Waals surface area (Å²) >= 11 is 15.1. The summed E-state index contributed by atoms with van der Waals surface area (Å²) in [6, 6.07) is 11.0. The molecule has 0 spiro atoms. The monoisotopic (exact) mass is 330 g/mol. The van der Waals surface area contributed by atoms with Gasteiger partial charge < -0.3 is 11.1 Å². The molecule has 2 aromatic carbocycles. The van der Waals surface area contributed by atoms with E-state index < -0.39 is 0 Å². The predicted octanol–water partition coefficient (Wildman–Crippen LogP) is 5.08. The second-order valence-corrected chi connectivity index (χ2v) is 5.22. The van der Waals surface area contributed by atoms with E-state index in [1.165, 1.54) is 0 Å². The third-order valence-corrected chi connectivity index (χ3v) is 3.44. The first kappa shape index (κ1) is 12.6. The molecule has 5 heteroatoms. The van der Waals surface area contributed by atoms with E-state index in [4.69, 9.17) is 28.9 Å². The fourth-order valence-electron chi connectivity index (χ4n) is 1.38. The van der Waals surface area contributed by atoms with Crippen LogP contribution in [0.25, 0.3) is 0 Å². The second-order valence-electron chi connectivity index (χ2n) is 3.49. The van der Waals surface area contributed by atoms with Gasteiger partial charge >= 0.3 is 0 Å². The third kappa shape index (κ3) is 3.06. The lowest BCUT2D eigenvalue weighted by Crippen LogP contribution is -1.96. The third-order valence-electron chi connectivity index (χ3n) is 2.21. The zero-order valence-corrected chi connectivity index (χ0v) is 11.8. The highest BCUT2D eigenvalue weighted by molar-refractivity contribution is 9.10. The smallest absolute Gasteiger partial charge is 0.0618 e. The minimum absolute atomic E-state index is 0.507. The molecule has 0 heterocycles. The number of hydrogen-bond donors (Lipinski definition) is 2. The van der Waals surface area contributed by atoms with Gasteiger partial charge in [-0.2, -0.15) is 0 Å². The van der Waals surface area contributed by atoms with Gasteiger partial charge in [-0.05, 0) is 36.4 Å². The van der Waals surface area contributed by atoms with E-state index in [9.17, 15) is 0 Å². The van der Waals surface area contributed by atoms with Gasteiger partial charge in [0.2, 0.25) is 0 Å². The number of nitrogen functional groups attached to an aromatic ring is 1. The predicted molar refractivity (Wildman–Crippen MR) is 78.3 cm³/mol. The summed E-state index contributed by atoms with van der Waals surface area (Å²) in [5.74, 6) is 0. The van der Waals surface area contributed by atoms with E-state index in [2.05, 4.69) is 21.2 Å². The molecule has 2 rings (SSSR count). The maximum absolute atomic E-state index is 5.93. The zero-order chi connectivity index (χ0) is 12.4. The molecular formula is C12H9BrCl2N2. The Bertz CT molecular complexity index is 558.